The van der Waals surface area contributed by atoms with E-state index in [2.05, 4.69) is 61.3 Å². The maximum Gasteiger partial charge on any atom is 0.244 e. The SMILES string of the molecule is CCCc1[nH]nc2c1C(c1ccc(C(C)C)cc1)C(C#N)=C(N)O2. The number of nitriles is 1. The summed E-state index contributed by atoms with van der Waals surface area (Å²) in [6, 6.07) is 10.6. The largest absolute Gasteiger partial charge is 0.420 e. The van der Waals surface area contributed by atoms with Gasteiger partial charge in [-0.3, -0.25) is 5.10 Å². The summed E-state index contributed by atoms with van der Waals surface area (Å²) < 4.78 is 5.57. The van der Waals surface area contributed by atoms with Crippen LogP contribution >= 0.6 is 0 Å². The van der Waals surface area contributed by atoms with Crippen LogP contribution in [0.1, 0.15) is 61.4 Å². The van der Waals surface area contributed by atoms with Gasteiger partial charge in [-0.1, -0.05) is 51.5 Å². The van der Waals surface area contributed by atoms with E-state index in [-0.39, 0.29) is 11.8 Å². The van der Waals surface area contributed by atoms with E-state index in [0.717, 1.165) is 29.7 Å². The zero-order chi connectivity index (χ0) is 17.3. The van der Waals surface area contributed by atoms with Crippen molar-refractivity contribution in [2.24, 2.45) is 5.73 Å². The molecule has 1 aromatic heterocycles. The summed E-state index contributed by atoms with van der Waals surface area (Å²) in [4.78, 5) is 0. The van der Waals surface area contributed by atoms with Crippen molar-refractivity contribution in [1.82, 2.24) is 10.2 Å². The molecule has 0 fully saturated rings. The number of allylic oxidation sites excluding steroid dienone is 1. The van der Waals surface area contributed by atoms with Gasteiger partial charge in [0, 0.05) is 11.3 Å². The fourth-order valence-corrected chi connectivity index (χ4v) is 3.16. The highest BCUT2D eigenvalue weighted by atomic mass is 16.5. The zero-order valence-electron chi connectivity index (χ0n) is 14.3. The number of rotatable bonds is 4. The first-order valence-electron chi connectivity index (χ1n) is 8.31. The molecule has 0 bridgehead atoms. The van der Waals surface area contributed by atoms with E-state index in [1.807, 2.05) is 0 Å². The fourth-order valence-electron chi connectivity index (χ4n) is 3.16. The molecule has 1 aliphatic heterocycles. The van der Waals surface area contributed by atoms with Crippen LogP contribution in [0.15, 0.2) is 35.7 Å². The van der Waals surface area contributed by atoms with E-state index in [0.29, 0.717) is 17.4 Å². The molecule has 5 heteroatoms. The molecular formula is C19H22N4O. The number of fused-ring (bicyclic) bond motifs is 1. The number of nitrogens with zero attached hydrogens (tertiary/aromatic N) is 2. The van der Waals surface area contributed by atoms with Gasteiger partial charge >= 0.3 is 0 Å². The fraction of sp³-hybridized carbons (Fsp3) is 0.368. The van der Waals surface area contributed by atoms with Crippen LogP contribution in [0.2, 0.25) is 0 Å². The molecule has 0 saturated carbocycles. The molecule has 124 valence electrons. The van der Waals surface area contributed by atoms with E-state index in [1.165, 1.54) is 5.56 Å². The molecule has 1 aliphatic rings. The van der Waals surface area contributed by atoms with Crippen molar-refractivity contribution in [1.29, 1.82) is 5.26 Å². The van der Waals surface area contributed by atoms with Gasteiger partial charge in [0.2, 0.25) is 11.8 Å². The van der Waals surface area contributed by atoms with Gasteiger partial charge in [0.25, 0.3) is 0 Å². The van der Waals surface area contributed by atoms with Crippen molar-refractivity contribution >= 4 is 0 Å². The first-order valence-corrected chi connectivity index (χ1v) is 8.31. The lowest BCUT2D eigenvalue weighted by atomic mass is 9.83. The molecule has 3 rings (SSSR count). The summed E-state index contributed by atoms with van der Waals surface area (Å²) in [5.74, 6) is 0.843. The lowest BCUT2D eigenvalue weighted by Gasteiger charge is -2.24. The number of aryl methyl sites for hydroxylation is 1. The van der Waals surface area contributed by atoms with Gasteiger partial charge in [-0.05, 0) is 23.5 Å². The maximum absolute atomic E-state index is 9.62. The molecule has 5 nitrogen and oxygen atoms in total. The van der Waals surface area contributed by atoms with Crippen molar-refractivity contribution in [3.8, 4) is 11.9 Å². The molecule has 0 spiro atoms. The minimum atomic E-state index is -0.236. The molecule has 24 heavy (non-hydrogen) atoms. The summed E-state index contributed by atoms with van der Waals surface area (Å²) >= 11 is 0. The average Bonchev–Trinajstić information content (AvgIpc) is 2.96. The average molecular weight is 322 g/mol. The van der Waals surface area contributed by atoms with Crippen LogP contribution in [-0.2, 0) is 6.42 Å². The number of hydrogen-bond donors (Lipinski definition) is 2. The van der Waals surface area contributed by atoms with Gasteiger partial charge in [0.15, 0.2) is 0 Å². The molecule has 2 heterocycles. The number of ether oxygens (including phenoxy) is 1. The number of nitrogens with one attached hydrogen (secondary N) is 1. The van der Waals surface area contributed by atoms with Crippen molar-refractivity contribution in [2.45, 2.75) is 45.4 Å². The van der Waals surface area contributed by atoms with Crippen LogP contribution in [-0.4, -0.2) is 10.2 Å². The predicted octanol–water partition coefficient (Wildman–Crippen LogP) is 3.70. The number of aromatic nitrogens is 2. The van der Waals surface area contributed by atoms with E-state index in [4.69, 9.17) is 10.5 Å². The summed E-state index contributed by atoms with van der Waals surface area (Å²) in [6.45, 7) is 6.43. The van der Waals surface area contributed by atoms with Gasteiger partial charge in [-0.25, -0.2) is 0 Å². The van der Waals surface area contributed by atoms with Gasteiger partial charge in [0.05, 0.1) is 5.92 Å². The Balaban J connectivity index is 2.13. The molecule has 0 aliphatic carbocycles. The molecule has 2 aromatic rings. The van der Waals surface area contributed by atoms with Gasteiger partial charge in [0.1, 0.15) is 11.6 Å². The van der Waals surface area contributed by atoms with Crippen molar-refractivity contribution in [3.63, 3.8) is 0 Å². The van der Waals surface area contributed by atoms with E-state index >= 15 is 0 Å². The normalized spacial score (nSPS) is 16.7. The second-order valence-electron chi connectivity index (χ2n) is 6.42. The second-order valence-corrected chi connectivity index (χ2v) is 6.42. The predicted molar refractivity (Wildman–Crippen MR) is 92.4 cm³/mol. The maximum atomic E-state index is 9.62. The number of hydrogen-bond acceptors (Lipinski definition) is 4. The van der Waals surface area contributed by atoms with Crippen LogP contribution in [0, 0.1) is 11.3 Å². The topological polar surface area (TPSA) is 87.7 Å². The molecule has 0 amide bonds. The standard InChI is InChI=1S/C19H22N4O/c1-4-5-15-17-16(13-8-6-12(7-9-13)11(2)3)14(10-20)18(21)24-19(17)23-22-15/h6-9,11,16H,4-5,21H2,1-3H3,(H,22,23). The molecule has 1 aromatic carbocycles. The molecule has 1 atom stereocenters. The third-order valence-electron chi connectivity index (χ3n) is 4.45. The van der Waals surface area contributed by atoms with Crippen molar-refractivity contribution in [2.75, 3.05) is 0 Å². The van der Waals surface area contributed by atoms with E-state index in [9.17, 15) is 5.26 Å². The molecule has 0 saturated heterocycles. The Morgan fingerprint density at radius 1 is 1.33 bits per heavy atom. The van der Waals surface area contributed by atoms with Crippen molar-refractivity contribution in [3.05, 3.63) is 58.1 Å². The smallest absolute Gasteiger partial charge is 0.244 e. The van der Waals surface area contributed by atoms with E-state index in [1.54, 1.807) is 0 Å². The highest BCUT2D eigenvalue weighted by Gasteiger charge is 2.34. The monoisotopic (exact) mass is 322 g/mol. The van der Waals surface area contributed by atoms with Gasteiger partial charge in [-0.15, -0.1) is 5.10 Å². The Labute approximate surface area is 142 Å². The molecule has 0 radical (unpaired) electrons. The van der Waals surface area contributed by atoms with Crippen LogP contribution in [0.3, 0.4) is 0 Å². The van der Waals surface area contributed by atoms with Crippen LogP contribution in [0.4, 0.5) is 0 Å². The summed E-state index contributed by atoms with van der Waals surface area (Å²) in [7, 11) is 0. The molecule has 3 N–H and O–H groups in total. The molecular weight excluding hydrogens is 300 g/mol. The zero-order valence-corrected chi connectivity index (χ0v) is 14.3. The van der Waals surface area contributed by atoms with E-state index < -0.39 is 0 Å². The minimum Gasteiger partial charge on any atom is -0.420 e. The molecule has 1 unspecified atom stereocenters. The Kier molecular flexibility index (Phi) is 4.30. The lowest BCUT2D eigenvalue weighted by Crippen LogP contribution is -2.21. The quantitative estimate of drug-likeness (QED) is 0.898. The number of nitrogens with two attached hydrogens (primary N) is 1. The first-order chi connectivity index (χ1) is 11.6. The summed E-state index contributed by atoms with van der Waals surface area (Å²) in [5, 5.41) is 16.9. The highest BCUT2D eigenvalue weighted by molar-refractivity contribution is 5.55. The third-order valence-corrected chi connectivity index (χ3v) is 4.45. The van der Waals surface area contributed by atoms with Gasteiger partial charge < -0.3 is 10.5 Å². The van der Waals surface area contributed by atoms with Crippen LogP contribution in [0.5, 0.6) is 5.88 Å². The Morgan fingerprint density at radius 3 is 2.62 bits per heavy atom. The number of benzene rings is 1. The van der Waals surface area contributed by atoms with Crippen LogP contribution in [0.25, 0.3) is 0 Å². The summed E-state index contributed by atoms with van der Waals surface area (Å²) in [6.07, 6.45) is 1.83. The minimum absolute atomic E-state index is 0.137. The van der Waals surface area contributed by atoms with Crippen molar-refractivity contribution < 1.29 is 4.74 Å². The number of H-pyrrole nitrogens is 1. The Morgan fingerprint density at radius 2 is 2.04 bits per heavy atom. The summed E-state index contributed by atoms with van der Waals surface area (Å²) in [5.41, 5.74) is 10.6. The Hall–Kier alpha value is -2.74. The van der Waals surface area contributed by atoms with Crippen LogP contribution < -0.4 is 10.5 Å². The lowest BCUT2D eigenvalue weighted by molar-refractivity contribution is 0.378. The first kappa shape index (κ1) is 16.1. The number of aromatic amines is 1. The Bertz CT molecular complexity index is 809. The second kappa shape index (κ2) is 6.40. The third kappa shape index (κ3) is 2.65. The highest BCUT2D eigenvalue weighted by Crippen LogP contribution is 2.43. The van der Waals surface area contributed by atoms with Gasteiger partial charge in [-0.2, -0.15) is 5.26 Å².